The van der Waals surface area contributed by atoms with E-state index in [-0.39, 0.29) is 41.7 Å². The number of halogens is 1. The van der Waals surface area contributed by atoms with E-state index in [0.717, 1.165) is 49.4 Å². The Morgan fingerprint density at radius 1 is 1.09 bits per heavy atom. The fraction of sp³-hybridized carbons (Fsp3) is 0.367. The van der Waals surface area contributed by atoms with Crippen LogP contribution in [0.1, 0.15) is 44.0 Å². The summed E-state index contributed by atoms with van der Waals surface area (Å²) < 4.78 is 75.3. The van der Waals surface area contributed by atoms with Crippen LogP contribution in [0.25, 0.3) is 27.1 Å². The average Bonchev–Trinajstić information content (AvgIpc) is 3.46. The van der Waals surface area contributed by atoms with Crippen molar-refractivity contribution < 1.29 is 64.8 Å². The van der Waals surface area contributed by atoms with E-state index in [0.29, 0.717) is 37.4 Å². The molecule has 0 spiro atoms. The molecule has 1 aliphatic heterocycles. The Morgan fingerprint density at radius 3 is 2.59 bits per heavy atom. The van der Waals surface area contributed by atoms with Crippen molar-refractivity contribution in [2.45, 2.75) is 51.8 Å². The molecule has 3 aromatic carbocycles. The molecule has 0 amide bonds. The minimum Gasteiger partial charge on any atom is -0.748 e. The maximum atomic E-state index is 11.4. The first-order valence-corrected chi connectivity index (χ1v) is 18.4. The molecule has 2 heterocycles. The van der Waals surface area contributed by atoms with Gasteiger partial charge in [0, 0.05) is 47.7 Å². The summed E-state index contributed by atoms with van der Waals surface area (Å²) in [6.07, 6.45) is 4.07. The van der Waals surface area contributed by atoms with E-state index in [1.165, 1.54) is 0 Å². The Hall–Kier alpha value is -1.74. The molecule has 1 unspecified atom stereocenters. The smallest absolute Gasteiger partial charge is 0.748 e. The van der Waals surface area contributed by atoms with Crippen molar-refractivity contribution in [2.24, 2.45) is 0 Å². The van der Waals surface area contributed by atoms with Gasteiger partial charge in [-0.25, -0.2) is 8.42 Å². The molecule has 14 heteroatoms. The normalized spacial score (nSPS) is 15.4. The van der Waals surface area contributed by atoms with E-state index in [1.54, 1.807) is 11.3 Å². The van der Waals surface area contributed by atoms with E-state index < -0.39 is 32.2 Å². The Labute approximate surface area is 289 Å². The van der Waals surface area contributed by atoms with Crippen LogP contribution in [-0.4, -0.2) is 50.2 Å². The molecule has 0 bridgehead atoms. The van der Waals surface area contributed by atoms with Gasteiger partial charge in [-0.2, -0.15) is 13.0 Å². The third-order valence-electron chi connectivity index (χ3n) is 7.50. The van der Waals surface area contributed by atoms with Crippen LogP contribution in [0.5, 0.6) is 5.75 Å². The van der Waals surface area contributed by atoms with Crippen molar-refractivity contribution in [3.05, 3.63) is 70.2 Å². The number of hydrogen-bond donors (Lipinski definition) is 1. The monoisotopic (exact) mass is 687 g/mol. The molecule has 1 aromatic heterocycles. The van der Waals surface area contributed by atoms with Gasteiger partial charge in [0.25, 0.3) is 15.1 Å². The number of ether oxygens (including phenoxy) is 1. The van der Waals surface area contributed by atoms with Crippen molar-refractivity contribution >= 4 is 75.9 Å². The van der Waals surface area contributed by atoms with E-state index in [1.807, 2.05) is 54.6 Å². The van der Waals surface area contributed by atoms with Gasteiger partial charge >= 0.3 is 29.6 Å². The number of nitrogens with zero attached hydrogens (tertiary/aromatic N) is 2. The molecular formula is C30H33ClN2NaO7S3+. The minimum atomic E-state index is -4.35. The van der Waals surface area contributed by atoms with Gasteiger partial charge in [-0.15, -0.1) is 0 Å². The van der Waals surface area contributed by atoms with Gasteiger partial charge in [0.15, 0.2) is 12.8 Å². The number of aryl methyl sites for hydroxylation is 1. The molecule has 230 valence electrons. The van der Waals surface area contributed by atoms with Crippen molar-refractivity contribution in [3.8, 4) is 5.75 Å². The van der Waals surface area contributed by atoms with Gasteiger partial charge in [0.2, 0.25) is 5.52 Å². The van der Waals surface area contributed by atoms with Gasteiger partial charge in [-0.05, 0) is 42.8 Å². The van der Waals surface area contributed by atoms with Crippen molar-refractivity contribution in [3.63, 3.8) is 0 Å². The van der Waals surface area contributed by atoms with Crippen LogP contribution >= 0.6 is 22.9 Å². The number of fused-ring (bicyclic) bond motifs is 4. The molecule has 0 saturated carbocycles. The Bertz CT molecular complexity index is 1900. The van der Waals surface area contributed by atoms with E-state index in [2.05, 4.69) is 22.5 Å². The topological polar surface area (TPSA) is 128 Å². The van der Waals surface area contributed by atoms with Crippen LogP contribution in [0, 0.1) is 0 Å². The Morgan fingerprint density at radius 2 is 1.86 bits per heavy atom. The Kier molecular flexibility index (Phi) is 11.8. The third kappa shape index (κ3) is 8.74. The number of unbranched alkanes of at least 4 members (excludes halogenated alkanes) is 1. The Balaban J connectivity index is 0.00000442. The van der Waals surface area contributed by atoms with Gasteiger partial charge in [0.1, 0.15) is 10.4 Å². The maximum absolute atomic E-state index is 11.4. The van der Waals surface area contributed by atoms with Gasteiger partial charge in [-0.3, -0.25) is 4.55 Å². The molecule has 0 aliphatic carbocycles. The van der Waals surface area contributed by atoms with Crippen LogP contribution in [0.3, 0.4) is 0 Å². The number of thiazole rings is 1. The molecule has 9 nitrogen and oxygen atoms in total. The van der Waals surface area contributed by atoms with Crippen LogP contribution in [-0.2, 0) is 26.8 Å². The minimum absolute atomic E-state index is 0. The molecule has 44 heavy (non-hydrogen) atoms. The summed E-state index contributed by atoms with van der Waals surface area (Å²) in [5.74, 6) is -0.0247. The zero-order valence-electron chi connectivity index (χ0n) is 24.6. The predicted molar refractivity (Wildman–Crippen MR) is 170 cm³/mol. The molecule has 1 aliphatic rings. The fourth-order valence-corrected chi connectivity index (χ4v) is 7.85. The van der Waals surface area contributed by atoms with Gasteiger partial charge < -0.3 is 14.2 Å². The predicted octanol–water partition coefficient (Wildman–Crippen LogP) is 3.01. The van der Waals surface area contributed by atoms with Gasteiger partial charge in [0.05, 0.1) is 21.6 Å². The summed E-state index contributed by atoms with van der Waals surface area (Å²) in [5.41, 5.74) is 2.95. The summed E-state index contributed by atoms with van der Waals surface area (Å²) in [6, 6.07) is 17.6. The zero-order valence-corrected chi connectivity index (χ0v) is 29.8. The standard InChI is InChI=1S/C30H33ClN2O7S3.Na/c1-2-21(19-29-32(14-5-6-16-42(34,35)36)25-20-23(31)11-13-27(25)41-29)18-28-33(15-7-17-43(37,38)39)30-24-9-4-3-8-22(24)10-12-26(30)40-28;/h3-4,8-13,19-20,28H,2,5-7,14-18H2,1H3,(H-,34,35,36,37,38,39);/q;+1/b21-19+;. The van der Waals surface area contributed by atoms with Crippen LogP contribution in [0.2, 0.25) is 5.02 Å². The molecule has 5 rings (SSSR count). The zero-order chi connectivity index (χ0) is 30.8. The summed E-state index contributed by atoms with van der Waals surface area (Å²) in [6.45, 7) is 2.96. The number of rotatable bonds is 13. The quantitative estimate of drug-likeness (QED) is 0.0984. The van der Waals surface area contributed by atoms with Crippen LogP contribution in [0.4, 0.5) is 5.69 Å². The second-order valence-corrected chi connectivity index (χ2v) is 15.2. The first kappa shape index (κ1) is 35.1. The summed E-state index contributed by atoms with van der Waals surface area (Å²) in [4.78, 5) is 2.07. The summed E-state index contributed by atoms with van der Waals surface area (Å²) >= 11 is 7.93. The first-order chi connectivity index (χ1) is 20.4. The van der Waals surface area contributed by atoms with E-state index in [4.69, 9.17) is 20.9 Å². The molecule has 0 radical (unpaired) electrons. The molecule has 1 N–H and O–H groups in total. The molecule has 0 fully saturated rings. The molecule has 1 atom stereocenters. The summed E-state index contributed by atoms with van der Waals surface area (Å²) in [7, 11) is -8.37. The van der Waals surface area contributed by atoms with E-state index >= 15 is 0 Å². The molecule has 0 saturated heterocycles. The maximum Gasteiger partial charge on any atom is 1.00 e. The second-order valence-electron chi connectivity index (χ2n) is 10.6. The molecular weight excluding hydrogens is 655 g/mol. The number of aromatic nitrogens is 1. The van der Waals surface area contributed by atoms with Gasteiger partial charge in [-0.1, -0.05) is 65.8 Å². The van der Waals surface area contributed by atoms with E-state index in [9.17, 15) is 21.4 Å². The van der Waals surface area contributed by atoms with Crippen LogP contribution < -0.4 is 43.8 Å². The third-order valence-corrected chi connectivity index (χ3v) is 10.4. The summed E-state index contributed by atoms with van der Waals surface area (Å²) in [5, 5.41) is 3.62. The van der Waals surface area contributed by atoms with Crippen molar-refractivity contribution in [2.75, 3.05) is 23.0 Å². The molecule has 4 aromatic rings. The number of hydrogen-bond acceptors (Lipinski definition) is 8. The largest absolute Gasteiger partial charge is 1.00 e. The second kappa shape index (κ2) is 14.8. The number of benzene rings is 3. The first-order valence-electron chi connectivity index (χ1n) is 14.1. The number of anilines is 1. The van der Waals surface area contributed by atoms with Crippen molar-refractivity contribution in [1.82, 2.24) is 0 Å². The van der Waals surface area contributed by atoms with Crippen LogP contribution in [0.15, 0.2) is 60.2 Å². The van der Waals surface area contributed by atoms with Crippen molar-refractivity contribution in [1.29, 1.82) is 0 Å². The fourth-order valence-electron chi connectivity index (χ4n) is 5.47. The average molecular weight is 688 g/mol. The SMILES string of the molecule is CC/C(=C\c1sc2ccc(Cl)cc2[n+]1CCCCS(=O)(=O)O)CC1Oc2ccc3ccccc3c2N1CCCS(=O)(=O)[O-].[Na+].